The minimum atomic E-state index is -0.751. The Balaban J connectivity index is 2.28. The molecule has 0 saturated heterocycles. The molecule has 4 heteroatoms. The van der Waals surface area contributed by atoms with Gasteiger partial charge in [0.1, 0.15) is 11.7 Å². The number of nitrogens with zero attached hydrogens (tertiary/aromatic N) is 2. The molecule has 0 saturated carbocycles. The van der Waals surface area contributed by atoms with Gasteiger partial charge in [-0.2, -0.15) is 0 Å². The van der Waals surface area contributed by atoms with E-state index in [1.54, 1.807) is 0 Å². The Labute approximate surface area is 102 Å². The smallest absolute Gasteiger partial charge is 0.314 e. The topological polar surface area (TPSA) is 55.1 Å². The van der Waals surface area contributed by atoms with E-state index in [4.69, 9.17) is 0 Å². The second-order valence-electron chi connectivity index (χ2n) is 6.05. The van der Waals surface area contributed by atoms with Gasteiger partial charge in [-0.05, 0) is 24.7 Å². The number of hydrogen-bond acceptors (Lipinski definition) is 2. The van der Waals surface area contributed by atoms with E-state index in [-0.39, 0.29) is 5.41 Å². The molecule has 0 bridgehead atoms. The summed E-state index contributed by atoms with van der Waals surface area (Å²) in [7, 11) is 0. The van der Waals surface area contributed by atoms with Crippen molar-refractivity contribution in [3.8, 4) is 0 Å². The van der Waals surface area contributed by atoms with Gasteiger partial charge in [-0.15, -0.1) is 0 Å². The average molecular weight is 236 g/mol. The van der Waals surface area contributed by atoms with Crippen molar-refractivity contribution >= 4 is 5.97 Å². The van der Waals surface area contributed by atoms with Gasteiger partial charge in [-0.1, -0.05) is 20.8 Å². The number of carbonyl (C=O) groups is 1. The normalized spacial score (nSPS) is 20.1. The third-order valence-corrected chi connectivity index (χ3v) is 3.07. The van der Waals surface area contributed by atoms with Gasteiger partial charge < -0.3 is 9.67 Å². The van der Waals surface area contributed by atoms with E-state index >= 15 is 0 Å². The molecule has 1 aromatic heterocycles. The fourth-order valence-electron chi connectivity index (χ4n) is 2.40. The van der Waals surface area contributed by atoms with E-state index < -0.39 is 11.9 Å². The molecule has 1 atom stereocenters. The van der Waals surface area contributed by atoms with E-state index in [1.807, 2.05) is 10.8 Å². The van der Waals surface area contributed by atoms with Gasteiger partial charge in [0.25, 0.3) is 0 Å². The number of fused-ring (bicyclic) bond motifs is 1. The Morgan fingerprint density at radius 2 is 2.29 bits per heavy atom. The van der Waals surface area contributed by atoms with E-state index in [0.29, 0.717) is 6.42 Å². The highest BCUT2D eigenvalue weighted by Gasteiger charge is 2.29. The van der Waals surface area contributed by atoms with Gasteiger partial charge in [0.2, 0.25) is 0 Å². The van der Waals surface area contributed by atoms with E-state index in [2.05, 4.69) is 25.8 Å². The molecule has 1 aliphatic heterocycles. The van der Waals surface area contributed by atoms with Crippen molar-refractivity contribution in [1.29, 1.82) is 0 Å². The summed E-state index contributed by atoms with van der Waals surface area (Å²) in [6, 6.07) is 0. The molecule has 1 unspecified atom stereocenters. The second-order valence-corrected chi connectivity index (χ2v) is 6.05. The molecule has 94 valence electrons. The van der Waals surface area contributed by atoms with Crippen molar-refractivity contribution in [2.24, 2.45) is 5.41 Å². The number of aryl methyl sites for hydroxylation is 1. The lowest BCUT2D eigenvalue weighted by molar-refractivity contribution is -0.139. The average Bonchev–Trinajstić information content (AvgIpc) is 2.55. The standard InChI is InChI=1S/C13H20N2O2/c1-13(2,3)7-9-8-15-6-4-5-10(12(16)17)11(15)14-9/h8,10H,4-7H2,1-3H3,(H,16,17). The van der Waals surface area contributed by atoms with Gasteiger partial charge in [0.05, 0.1) is 5.69 Å². The molecule has 1 aromatic rings. The molecule has 1 N–H and O–H groups in total. The second kappa shape index (κ2) is 4.17. The summed E-state index contributed by atoms with van der Waals surface area (Å²) in [4.78, 5) is 15.7. The number of imidazole rings is 1. The van der Waals surface area contributed by atoms with Crippen LogP contribution in [0.25, 0.3) is 0 Å². The third-order valence-electron chi connectivity index (χ3n) is 3.07. The zero-order chi connectivity index (χ0) is 12.6. The fourth-order valence-corrected chi connectivity index (χ4v) is 2.40. The van der Waals surface area contributed by atoms with Crippen LogP contribution in [0.1, 0.15) is 51.0 Å². The number of carboxylic acids is 1. The maximum atomic E-state index is 11.2. The van der Waals surface area contributed by atoms with E-state index in [0.717, 1.165) is 30.9 Å². The van der Waals surface area contributed by atoms with Crippen LogP contribution in [0.5, 0.6) is 0 Å². The van der Waals surface area contributed by atoms with Gasteiger partial charge in [0.15, 0.2) is 0 Å². The molecular weight excluding hydrogens is 216 g/mol. The maximum Gasteiger partial charge on any atom is 0.314 e. The number of rotatable bonds is 2. The van der Waals surface area contributed by atoms with Crippen LogP contribution in [-0.2, 0) is 17.8 Å². The highest BCUT2D eigenvalue weighted by Crippen LogP contribution is 2.28. The maximum absolute atomic E-state index is 11.2. The van der Waals surface area contributed by atoms with Crippen LogP contribution in [0.2, 0.25) is 0 Å². The zero-order valence-corrected chi connectivity index (χ0v) is 10.7. The molecule has 0 aliphatic carbocycles. The van der Waals surface area contributed by atoms with Crippen LogP contribution in [0.3, 0.4) is 0 Å². The first kappa shape index (κ1) is 12.1. The Hall–Kier alpha value is -1.32. The molecule has 0 amide bonds. The molecule has 0 fully saturated rings. The van der Waals surface area contributed by atoms with Crippen LogP contribution >= 0.6 is 0 Å². The van der Waals surface area contributed by atoms with Crippen LogP contribution in [0.4, 0.5) is 0 Å². The molecule has 0 radical (unpaired) electrons. The predicted molar refractivity (Wildman–Crippen MR) is 65.0 cm³/mol. The first-order valence-electron chi connectivity index (χ1n) is 6.15. The van der Waals surface area contributed by atoms with Crippen molar-refractivity contribution in [3.05, 3.63) is 17.7 Å². The van der Waals surface area contributed by atoms with Crippen LogP contribution in [0, 0.1) is 5.41 Å². The summed E-state index contributed by atoms with van der Waals surface area (Å²) in [6.45, 7) is 7.40. The fraction of sp³-hybridized carbons (Fsp3) is 0.692. The molecule has 4 nitrogen and oxygen atoms in total. The first-order valence-corrected chi connectivity index (χ1v) is 6.15. The summed E-state index contributed by atoms with van der Waals surface area (Å²) in [6.07, 6.45) is 4.55. The Kier molecular flexibility index (Phi) is 2.98. The van der Waals surface area contributed by atoms with Crippen molar-refractivity contribution in [3.63, 3.8) is 0 Å². The summed E-state index contributed by atoms with van der Waals surface area (Å²) in [5.74, 6) is -0.431. The van der Waals surface area contributed by atoms with E-state index in [1.165, 1.54) is 0 Å². The summed E-state index contributed by atoms with van der Waals surface area (Å²) >= 11 is 0. The van der Waals surface area contributed by atoms with Gasteiger partial charge in [0, 0.05) is 12.7 Å². The molecule has 2 rings (SSSR count). The van der Waals surface area contributed by atoms with Crippen molar-refractivity contribution in [2.75, 3.05) is 0 Å². The summed E-state index contributed by atoms with van der Waals surface area (Å²) in [5.41, 5.74) is 1.20. The SMILES string of the molecule is CC(C)(C)Cc1cn2c(n1)C(C(=O)O)CCC2. The highest BCUT2D eigenvalue weighted by atomic mass is 16.4. The van der Waals surface area contributed by atoms with Gasteiger partial charge in [-0.3, -0.25) is 4.79 Å². The number of carboxylic acid groups (broad SMARTS) is 1. The van der Waals surface area contributed by atoms with Crippen LogP contribution in [-0.4, -0.2) is 20.6 Å². The van der Waals surface area contributed by atoms with Crippen LogP contribution < -0.4 is 0 Å². The lowest BCUT2D eigenvalue weighted by Crippen LogP contribution is -2.22. The highest BCUT2D eigenvalue weighted by molar-refractivity contribution is 5.75. The van der Waals surface area contributed by atoms with E-state index in [9.17, 15) is 9.90 Å². The first-order chi connectivity index (χ1) is 7.87. The largest absolute Gasteiger partial charge is 0.481 e. The van der Waals surface area contributed by atoms with Crippen molar-refractivity contribution < 1.29 is 9.90 Å². The van der Waals surface area contributed by atoms with Crippen molar-refractivity contribution in [2.45, 2.75) is 52.5 Å². The number of aromatic nitrogens is 2. The number of hydrogen-bond donors (Lipinski definition) is 1. The minimum absolute atomic E-state index is 0.184. The Morgan fingerprint density at radius 3 is 2.88 bits per heavy atom. The van der Waals surface area contributed by atoms with Gasteiger partial charge >= 0.3 is 5.97 Å². The molecule has 0 aromatic carbocycles. The summed E-state index contributed by atoms with van der Waals surface area (Å²) < 4.78 is 2.02. The third kappa shape index (κ3) is 2.68. The van der Waals surface area contributed by atoms with Crippen molar-refractivity contribution in [1.82, 2.24) is 9.55 Å². The molecule has 1 aliphatic rings. The predicted octanol–water partition coefficient (Wildman–Crippen LogP) is 2.43. The lowest BCUT2D eigenvalue weighted by Gasteiger charge is -2.19. The van der Waals surface area contributed by atoms with Crippen LogP contribution in [0.15, 0.2) is 6.20 Å². The summed E-state index contributed by atoms with van der Waals surface area (Å²) in [5, 5.41) is 9.17. The van der Waals surface area contributed by atoms with Gasteiger partial charge in [-0.25, -0.2) is 4.98 Å². The monoisotopic (exact) mass is 236 g/mol. The molecule has 0 spiro atoms. The number of aliphatic carboxylic acids is 1. The quantitative estimate of drug-likeness (QED) is 0.858. The minimum Gasteiger partial charge on any atom is -0.481 e. The Morgan fingerprint density at radius 1 is 1.59 bits per heavy atom. The Bertz CT molecular complexity index is 429. The lowest BCUT2D eigenvalue weighted by atomic mass is 9.91. The molecule has 2 heterocycles. The molecular formula is C13H20N2O2. The zero-order valence-electron chi connectivity index (χ0n) is 10.7. The molecule has 17 heavy (non-hydrogen) atoms.